The molecule has 0 radical (unpaired) electrons. The van der Waals surface area contributed by atoms with Gasteiger partial charge in [0.05, 0.1) is 19.0 Å². The lowest BCUT2D eigenvalue weighted by Gasteiger charge is -2.21. The van der Waals surface area contributed by atoms with Crippen LogP contribution in [0, 0.1) is 12.7 Å². The van der Waals surface area contributed by atoms with Crippen LogP contribution in [0.4, 0.5) is 13.2 Å². The first-order chi connectivity index (χ1) is 16.4. The van der Waals surface area contributed by atoms with Crippen molar-refractivity contribution in [3.05, 3.63) is 59.0 Å². The molecule has 0 saturated heterocycles. The number of carbonyl (C=O) groups is 3. The molecule has 8 nitrogen and oxygen atoms in total. The number of halogens is 3. The summed E-state index contributed by atoms with van der Waals surface area (Å²) in [7, 11) is 1.27. The van der Waals surface area contributed by atoms with Gasteiger partial charge in [-0.25, -0.2) is 9.18 Å². The van der Waals surface area contributed by atoms with Gasteiger partial charge in [-0.1, -0.05) is 0 Å². The highest BCUT2D eigenvalue weighted by atomic mass is 19.3. The second-order valence-corrected chi connectivity index (χ2v) is 8.27. The lowest BCUT2D eigenvalue weighted by Crippen LogP contribution is -2.50. The van der Waals surface area contributed by atoms with E-state index in [1.54, 1.807) is 6.92 Å². The number of carboxylic acids is 1. The minimum atomic E-state index is -3.02. The molecule has 186 valence electrons. The maximum atomic E-state index is 14.6. The Balaban J connectivity index is 2.09. The summed E-state index contributed by atoms with van der Waals surface area (Å²) in [6, 6.07) is 7.42. The summed E-state index contributed by atoms with van der Waals surface area (Å²) in [4.78, 5) is 37.4. The molecular weight excluding hydrogens is 469 g/mol. The van der Waals surface area contributed by atoms with Crippen molar-refractivity contribution in [3.63, 3.8) is 0 Å². The highest BCUT2D eigenvalue weighted by molar-refractivity contribution is 6.05. The first kappa shape index (κ1) is 25.6. The van der Waals surface area contributed by atoms with Crippen molar-refractivity contribution in [3.8, 4) is 11.5 Å². The van der Waals surface area contributed by atoms with E-state index in [2.05, 4.69) is 10.1 Å². The summed E-state index contributed by atoms with van der Waals surface area (Å²) in [5.41, 5.74) is -0.605. The van der Waals surface area contributed by atoms with E-state index in [1.165, 1.54) is 55.9 Å². The number of aliphatic carboxylic acids is 1. The van der Waals surface area contributed by atoms with E-state index >= 15 is 0 Å². The van der Waals surface area contributed by atoms with Crippen LogP contribution in [0.3, 0.4) is 0 Å². The molecule has 1 heterocycles. The number of nitrogens with one attached hydrogen (secondary N) is 1. The van der Waals surface area contributed by atoms with E-state index in [4.69, 9.17) is 4.74 Å². The van der Waals surface area contributed by atoms with E-state index in [1.807, 2.05) is 0 Å². The van der Waals surface area contributed by atoms with Crippen LogP contribution in [-0.4, -0.2) is 46.7 Å². The van der Waals surface area contributed by atoms with Crippen LogP contribution in [0.25, 0.3) is 10.9 Å². The van der Waals surface area contributed by atoms with Gasteiger partial charge in [0.15, 0.2) is 11.6 Å². The maximum absolute atomic E-state index is 14.6. The second kappa shape index (κ2) is 9.69. The largest absolute Gasteiger partial charge is 0.494 e. The molecule has 35 heavy (non-hydrogen) atoms. The van der Waals surface area contributed by atoms with E-state index in [9.17, 15) is 32.7 Å². The van der Waals surface area contributed by atoms with Gasteiger partial charge in [0, 0.05) is 22.7 Å². The number of ether oxygens (including phenoxy) is 2. The number of benzene rings is 2. The fourth-order valence-corrected chi connectivity index (χ4v) is 3.64. The van der Waals surface area contributed by atoms with Crippen molar-refractivity contribution in [2.45, 2.75) is 39.3 Å². The number of hydrogen-bond donors (Lipinski definition) is 2. The molecule has 0 aliphatic heterocycles. The van der Waals surface area contributed by atoms with Crippen LogP contribution in [0.5, 0.6) is 11.5 Å². The van der Waals surface area contributed by atoms with Crippen LogP contribution < -0.4 is 14.8 Å². The third kappa shape index (κ3) is 5.23. The molecule has 2 aromatic carbocycles. The molecule has 0 spiro atoms. The van der Waals surface area contributed by atoms with Crippen molar-refractivity contribution >= 4 is 28.7 Å². The molecule has 2 N–H and O–H groups in total. The molecule has 0 aliphatic rings. The summed E-state index contributed by atoms with van der Waals surface area (Å²) in [5.74, 6) is -3.44. The molecule has 1 aromatic heterocycles. The van der Waals surface area contributed by atoms with Crippen LogP contribution in [0.15, 0.2) is 36.4 Å². The van der Waals surface area contributed by atoms with E-state index in [0.29, 0.717) is 16.6 Å². The van der Waals surface area contributed by atoms with Crippen LogP contribution >= 0.6 is 0 Å². The standard InChI is InChI=1S/C24H23F3N2O6/c1-12-15(10-20(30)28-24(2,3)22(32)33)16-9-19(34-4)17(25)11-18(16)29(12)21(31)13-5-7-14(8-6-13)35-23(26)27/h5-9,11,23H,10H2,1-4H3,(H,28,30)(H,32,33). The van der Waals surface area contributed by atoms with Crippen molar-refractivity contribution in [1.29, 1.82) is 0 Å². The van der Waals surface area contributed by atoms with Crippen LogP contribution in [0.1, 0.15) is 35.5 Å². The number of hydrogen-bond acceptors (Lipinski definition) is 5. The Morgan fingerprint density at radius 3 is 2.31 bits per heavy atom. The molecule has 11 heteroatoms. The lowest BCUT2D eigenvalue weighted by atomic mass is 10.0. The quantitative estimate of drug-likeness (QED) is 0.494. The molecule has 3 aromatic rings. The topological polar surface area (TPSA) is 107 Å². The minimum Gasteiger partial charge on any atom is -0.494 e. The number of alkyl halides is 2. The van der Waals surface area contributed by atoms with Gasteiger partial charge >= 0.3 is 12.6 Å². The molecule has 0 saturated carbocycles. The predicted octanol–water partition coefficient (Wildman–Crippen LogP) is 3.91. The number of methoxy groups -OCH3 is 1. The third-order valence-electron chi connectivity index (χ3n) is 5.46. The zero-order valence-electron chi connectivity index (χ0n) is 19.3. The smallest absolute Gasteiger partial charge is 0.387 e. The minimum absolute atomic E-state index is 0.103. The molecule has 1 amide bonds. The van der Waals surface area contributed by atoms with Crippen molar-refractivity contribution in [2.24, 2.45) is 0 Å². The van der Waals surface area contributed by atoms with Gasteiger partial charge in [-0.3, -0.25) is 14.2 Å². The average molecular weight is 492 g/mol. The molecule has 3 rings (SSSR count). The number of amides is 1. The van der Waals surface area contributed by atoms with E-state index < -0.39 is 35.8 Å². The predicted molar refractivity (Wildman–Crippen MR) is 120 cm³/mol. The first-order valence-corrected chi connectivity index (χ1v) is 10.4. The Kier molecular flexibility index (Phi) is 7.09. The Hall–Kier alpha value is -4.02. The van der Waals surface area contributed by atoms with Crippen molar-refractivity contribution in [2.75, 3.05) is 7.11 Å². The molecule has 0 aliphatic carbocycles. The third-order valence-corrected chi connectivity index (χ3v) is 5.46. The fraction of sp³-hybridized carbons (Fsp3) is 0.292. The Bertz CT molecular complexity index is 1300. The molecule has 0 bridgehead atoms. The van der Waals surface area contributed by atoms with Gasteiger partial charge in [-0.15, -0.1) is 0 Å². The second-order valence-electron chi connectivity index (χ2n) is 8.27. The Morgan fingerprint density at radius 2 is 1.77 bits per heavy atom. The monoisotopic (exact) mass is 492 g/mol. The van der Waals surface area contributed by atoms with Gasteiger partial charge < -0.3 is 19.9 Å². The Labute approximate surface area is 198 Å². The lowest BCUT2D eigenvalue weighted by molar-refractivity contribution is -0.145. The number of aromatic nitrogens is 1. The summed E-state index contributed by atoms with van der Waals surface area (Å²) < 4.78 is 50.0. The number of carbonyl (C=O) groups excluding carboxylic acids is 2. The number of carboxylic acid groups (broad SMARTS) is 1. The summed E-state index contributed by atoms with van der Waals surface area (Å²) in [6.07, 6.45) is -0.296. The van der Waals surface area contributed by atoms with E-state index in [0.717, 1.165) is 6.07 Å². The van der Waals surface area contributed by atoms with Gasteiger partial charge in [0.25, 0.3) is 5.91 Å². The van der Waals surface area contributed by atoms with Gasteiger partial charge in [0.1, 0.15) is 11.3 Å². The van der Waals surface area contributed by atoms with E-state index in [-0.39, 0.29) is 29.0 Å². The highest BCUT2D eigenvalue weighted by Crippen LogP contribution is 2.33. The Morgan fingerprint density at radius 1 is 1.14 bits per heavy atom. The number of nitrogens with zero attached hydrogens (tertiary/aromatic N) is 1. The SMILES string of the molecule is COc1cc2c(CC(=O)NC(C)(C)C(=O)O)c(C)n(C(=O)c3ccc(OC(F)F)cc3)c2cc1F. The fourth-order valence-electron chi connectivity index (χ4n) is 3.64. The normalized spacial score (nSPS) is 11.5. The molecule has 0 unspecified atom stereocenters. The molecule has 0 atom stereocenters. The van der Waals surface area contributed by atoms with Crippen molar-refractivity contribution in [1.82, 2.24) is 9.88 Å². The average Bonchev–Trinajstić information content (AvgIpc) is 3.02. The van der Waals surface area contributed by atoms with Gasteiger partial charge in [0.2, 0.25) is 5.91 Å². The molecule has 0 fully saturated rings. The van der Waals surface area contributed by atoms with Gasteiger partial charge in [-0.05, 0) is 56.7 Å². The zero-order valence-corrected chi connectivity index (χ0v) is 19.3. The first-order valence-electron chi connectivity index (χ1n) is 10.4. The maximum Gasteiger partial charge on any atom is 0.387 e. The molecular formula is C24H23F3N2O6. The van der Waals surface area contributed by atoms with Crippen LogP contribution in [0.2, 0.25) is 0 Å². The summed E-state index contributed by atoms with van der Waals surface area (Å²) in [5, 5.41) is 12.1. The highest BCUT2D eigenvalue weighted by Gasteiger charge is 2.30. The van der Waals surface area contributed by atoms with Crippen LogP contribution in [-0.2, 0) is 16.0 Å². The van der Waals surface area contributed by atoms with Crippen molar-refractivity contribution < 1.29 is 42.1 Å². The number of rotatable bonds is 8. The zero-order chi connectivity index (χ0) is 26.1. The van der Waals surface area contributed by atoms with Gasteiger partial charge in [-0.2, -0.15) is 8.78 Å². The summed E-state index contributed by atoms with van der Waals surface area (Å²) >= 11 is 0. The summed E-state index contributed by atoms with van der Waals surface area (Å²) in [6.45, 7) is 1.19. The number of fused-ring (bicyclic) bond motifs is 1.